The van der Waals surface area contributed by atoms with E-state index in [1.807, 2.05) is 14.0 Å². The Kier molecular flexibility index (Phi) is 6.62. The van der Waals surface area contributed by atoms with Crippen molar-refractivity contribution >= 4 is 23.5 Å². The molecule has 0 aliphatic heterocycles. The lowest BCUT2D eigenvalue weighted by Crippen LogP contribution is -2.36. The van der Waals surface area contributed by atoms with Crippen molar-refractivity contribution in [3.8, 4) is 0 Å². The molecule has 0 radical (unpaired) electrons. The van der Waals surface area contributed by atoms with Crippen LogP contribution in [0, 0.1) is 0 Å². The van der Waals surface area contributed by atoms with Gasteiger partial charge in [0.15, 0.2) is 0 Å². The first-order valence-electron chi connectivity index (χ1n) is 6.42. The summed E-state index contributed by atoms with van der Waals surface area (Å²) in [5.41, 5.74) is 0.386. The van der Waals surface area contributed by atoms with E-state index in [0.29, 0.717) is 11.5 Å². The average molecular weight is 282 g/mol. The van der Waals surface area contributed by atoms with Crippen molar-refractivity contribution in [2.75, 3.05) is 30.9 Å². The molecule has 0 aliphatic carbocycles. The lowest BCUT2D eigenvalue weighted by Gasteiger charge is -2.24. The van der Waals surface area contributed by atoms with Crippen LogP contribution in [0.4, 0.5) is 5.82 Å². The molecule has 0 aromatic carbocycles. The second-order valence-electron chi connectivity index (χ2n) is 4.37. The molecule has 1 atom stereocenters. The van der Waals surface area contributed by atoms with E-state index in [2.05, 4.69) is 28.5 Å². The third-order valence-corrected chi connectivity index (χ3v) is 3.58. The zero-order valence-electron chi connectivity index (χ0n) is 12.0. The van der Waals surface area contributed by atoms with Gasteiger partial charge in [-0.05, 0) is 32.3 Å². The summed E-state index contributed by atoms with van der Waals surface area (Å²) in [7, 11) is 1.81. The number of carbonyl (C=O) groups is 1. The minimum atomic E-state index is -0.0825. The van der Waals surface area contributed by atoms with E-state index in [0.717, 1.165) is 18.7 Å². The number of amides is 1. The maximum atomic E-state index is 12.3. The molecular formula is C13H22N4OS. The van der Waals surface area contributed by atoms with Crippen LogP contribution >= 0.6 is 11.8 Å². The molecule has 19 heavy (non-hydrogen) atoms. The fourth-order valence-corrected chi connectivity index (χ4v) is 2.18. The standard InChI is InChI=1S/C13H22N4OS/c1-5-15-12-9-14-8-11(16-12)13(18)17(3)10(2)6-7-19-4/h8-10H,5-7H2,1-4H3,(H,15,16). The maximum absolute atomic E-state index is 12.3. The molecule has 0 aliphatic rings. The van der Waals surface area contributed by atoms with Gasteiger partial charge in [-0.2, -0.15) is 11.8 Å². The van der Waals surface area contributed by atoms with Crippen LogP contribution in [0.5, 0.6) is 0 Å². The third-order valence-electron chi connectivity index (χ3n) is 2.93. The van der Waals surface area contributed by atoms with Crippen LogP contribution in [0.15, 0.2) is 12.4 Å². The number of aromatic nitrogens is 2. The smallest absolute Gasteiger partial charge is 0.274 e. The van der Waals surface area contributed by atoms with Gasteiger partial charge in [-0.25, -0.2) is 4.98 Å². The van der Waals surface area contributed by atoms with Gasteiger partial charge in [0.05, 0.1) is 12.4 Å². The number of nitrogens with zero attached hydrogens (tertiary/aromatic N) is 3. The van der Waals surface area contributed by atoms with Crippen molar-refractivity contribution in [1.82, 2.24) is 14.9 Å². The van der Waals surface area contributed by atoms with E-state index in [9.17, 15) is 4.79 Å². The molecule has 5 nitrogen and oxygen atoms in total. The fraction of sp³-hybridized carbons (Fsp3) is 0.615. The molecule has 1 aromatic rings. The molecule has 106 valence electrons. The monoisotopic (exact) mass is 282 g/mol. The Bertz CT molecular complexity index is 413. The van der Waals surface area contributed by atoms with Gasteiger partial charge in [0.1, 0.15) is 11.5 Å². The second-order valence-corrected chi connectivity index (χ2v) is 5.35. The Labute approximate surface area is 119 Å². The zero-order chi connectivity index (χ0) is 14.3. The summed E-state index contributed by atoms with van der Waals surface area (Å²) in [6.07, 6.45) is 6.18. The van der Waals surface area contributed by atoms with Crippen molar-refractivity contribution in [1.29, 1.82) is 0 Å². The first-order chi connectivity index (χ1) is 9.10. The van der Waals surface area contributed by atoms with Crippen LogP contribution in [0.2, 0.25) is 0 Å². The highest BCUT2D eigenvalue weighted by molar-refractivity contribution is 7.98. The fourth-order valence-electron chi connectivity index (χ4n) is 1.60. The number of anilines is 1. The minimum absolute atomic E-state index is 0.0825. The molecule has 1 aromatic heterocycles. The highest BCUT2D eigenvalue weighted by atomic mass is 32.2. The molecule has 6 heteroatoms. The van der Waals surface area contributed by atoms with Gasteiger partial charge >= 0.3 is 0 Å². The van der Waals surface area contributed by atoms with Gasteiger partial charge < -0.3 is 10.2 Å². The predicted molar refractivity (Wildman–Crippen MR) is 80.8 cm³/mol. The zero-order valence-corrected chi connectivity index (χ0v) is 12.8. The Hall–Kier alpha value is -1.30. The largest absolute Gasteiger partial charge is 0.369 e. The van der Waals surface area contributed by atoms with Gasteiger partial charge in [0, 0.05) is 19.6 Å². The molecule has 0 saturated carbocycles. The van der Waals surface area contributed by atoms with Crippen LogP contribution in [-0.4, -0.2) is 52.4 Å². The number of hydrogen-bond acceptors (Lipinski definition) is 5. The summed E-state index contributed by atoms with van der Waals surface area (Å²) in [5, 5.41) is 3.06. The molecule has 0 bridgehead atoms. The van der Waals surface area contributed by atoms with Crippen LogP contribution in [0.1, 0.15) is 30.8 Å². The summed E-state index contributed by atoms with van der Waals surface area (Å²) < 4.78 is 0. The van der Waals surface area contributed by atoms with Crippen LogP contribution in [0.25, 0.3) is 0 Å². The maximum Gasteiger partial charge on any atom is 0.274 e. The van der Waals surface area contributed by atoms with Crippen molar-refractivity contribution in [2.45, 2.75) is 26.3 Å². The van der Waals surface area contributed by atoms with E-state index in [1.165, 1.54) is 6.20 Å². The highest BCUT2D eigenvalue weighted by Crippen LogP contribution is 2.10. The van der Waals surface area contributed by atoms with E-state index in [4.69, 9.17) is 0 Å². The Balaban J connectivity index is 2.73. The number of thioether (sulfide) groups is 1. The molecular weight excluding hydrogens is 260 g/mol. The van der Waals surface area contributed by atoms with Crippen molar-refractivity contribution < 1.29 is 4.79 Å². The molecule has 1 amide bonds. The van der Waals surface area contributed by atoms with Gasteiger partial charge in [-0.1, -0.05) is 0 Å². The minimum Gasteiger partial charge on any atom is -0.369 e. The van der Waals surface area contributed by atoms with Crippen molar-refractivity contribution in [2.24, 2.45) is 0 Å². The van der Waals surface area contributed by atoms with Crippen molar-refractivity contribution in [3.05, 3.63) is 18.1 Å². The number of nitrogens with one attached hydrogen (secondary N) is 1. The summed E-state index contributed by atoms with van der Waals surface area (Å²) in [6.45, 7) is 4.79. The van der Waals surface area contributed by atoms with E-state index in [1.54, 1.807) is 22.9 Å². The number of carbonyl (C=O) groups excluding carboxylic acids is 1. The molecule has 1 unspecified atom stereocenters. The Morgan fingerprint density at radius 1 is 1.53 bits per heavy atom. The molecule has 0 fully saturated rings. The Morgan fingerprint density at radius 2 is 2.26 bits per heavy atom. The lowest BCUT2D eigenvalue weighted by atomic mass is 10.2. The van der Waals surface area contributed by atoms with Gasteiger partial charge in [0.25, 0.3) is 5.91 Å². The van der Waals surface area contributed by atoms with Crippen LogP contribution in [-0.2, 0) is 0 Å². The average Bonchev–Trinajstić information content (AvgIpc) is 2.43. The second kappa shape index (κ2) is 7.99. The van der Waals surface area contributed by atoms with Gasteiger partial charge in [-0.3, -0.25) is 9.78 Å². The first kappa shape index (κ1) is 15.8. The van der Waals surface area contributed by atoms with E-state index >= 15 is 0 Å². The topological polar surface area (TPSA) is 58.1 Å². The molecule has 1 rings (SSSR count). The Morgan fingerprint density at radius 3 is 2.89 bits per heavy atom. The van der Waals surface area contributed by atoms with Gasteiger partial charge in [-0.15, -0.1) is 0 Å². The van der Waals surface area contributed by atoms with E-state index in [-0.39, 0.29) is 11.9 Å². The summed E-state index contributed by atoms with van der Waals surface area (Å²) in [6, 6.07) is 0.199. The SMILES string of the molecule is CCNc1cncc(C(=O)N(C)C(C)CCSC)n1. The third kappa shape index (κ3) is 4.70. The normalized spacial score (nSPS) is 12.0. The quantitative estimate of drug-likeness (QED) is 0.830. The molecule has 1 heterocycles. The predicted octanol–water partition coefficient (Wildman–Crippen LogP) is 2.12. The highest BCUT2D eigenvalue weighted by Gasteiger charge is 2.18. The van der Waals surface area contributed by atoms with Crippen LogP contribution in [0.3, 0.4) is 0 Å². The molecule has 0 spiro atoms. The lowest BCUT2D eigenvalue weighted by molar-refractivity contribution is 0.0735. The number of rotatable bonds is 7. The molecule has 1 N–H and O–H groups in total. The van der Waals surface area contributed by atoms with Gasteiger partial charge in [0.2, 0.25) is 0 Å². The van der Waals surface area contributed by atoms with E-state index < -0.39 is 0 Å². The summed E-state index contributed by atoms with van der Waals surface area (Å²) >= 11 is 1.79. The van der Waals surface area contributed by atoms with Crippen molar-refractivity contribution in [3.63, 3.8) is 0 Å². The van der Waals surface area contributed by atoms with Crippen LogP contribution < -0.4 is 5.32 Å². The summed E-state index contributed by atoms with van der Waals surface area (Å²) in [4.78, 5) is 22.4. The first-order valence-corrected chi connectivity index (χ1v) is 7.81. The summed E-state index contributed by atoms with van der Waals surface area (Å²) in [5.74, 6) is 1.60. The number of hydrogen-bond donors (Lipinski definition) is 1. The molecule has 0 saturated heterocycles.